The van der Waals surface area contributed by atoms with Crippen LogP contribution in [0.2, 0.25) is 0 Å². The van der Waals surface area contributed by atoms with Gasteiger partial charge in [-0.15, -0.1) is 0 Å². The van der Waals surface area contributed by atoms with Crippen molar-refractivity contribution in [3.8, 4) is 5.75 Å². The molecule has 1 aromatic heterocycles. The van der Waals surface area contributed by atoms with E-state index < -0.39 is 24.1 Å². The molecule has 0 bridgehead atoms. The molecule has 1 fully saturated rings. The molecule has 192 valence electrons. The molecule has 1 aliphatic carbocycles. The number of carbonyl (C=O) groups is 3. The Balaban J connectivity index is 1.46. The van der Waals surface area contributed by atoms with Gasteiger partial charge in [0.25, 0.3) is 5.91 Å². The Morgan fingerprint density at radius 3 is 2.53 bits per heavy atom. The third-order valence-corrected chi connectivity index (χ3v) is 7.15. The normalized spacial score (nSPS) is 20.1. The molecule has 7 nitrogen and oxygen atoms in total. The fourth-order valence-corrected chi connectivity index (χ4v) is 5.05. The maximum Gasteiger partial charge on any atom is 0.387 e. The molecule has 1 N–H and O–H groups in total. The maximum atomic E-state index is 13.2. The van der Waals surface area contributed by atoms with E-state index in [-0.39, 0.29) is 18.1 Å². The topological polar surface area (TPSA) is 80.6 Å². The molecule has 0 saturated carbocycles. The van der Waals surface area contributed by atoms with Crippen molar-refractivity contribution >= 4 is 17.7 Å². The second kappa shape index (κ2) is 10.2. The summed E-state index contributed by atoms with van der Waals surface area (Å²) >= 11 is 0. The number of Topliss-reactive ketones (excluding diaryl/α,β-unsaturated/α-hetero) is 1. The van der Waals surface area contributed by atoms with Gasteiger partial charge in [0, 0.05) is 23.5 Å². The maximum absolute atomic E-state index is 13.2. The highest BCUT2D eigenvalue weighted by Gasteiger charge is 2.49. The number of nitrogens with zero attached hydrogens (tertiary/aromatic N) is 2. The van der Waals surface area contributed by atoms with Crippen LogP contribution in [0.4, 0.5) is 13.6 Å². The van der Waals surface area contributed by atoms with Gasteiger partial charge in [-0.05, 0) is 76.6 Å². The minimum absolute atomic E-state index is 0.0590. The van der Waals surface area contributed by atoms with Crippen molar-refractivity contribution in [1.29, 1.82) is 0 Å². The SMILES string of the molecule is Cc1cc(C(=O)CN2C(=O)NC(C)(c3ccc(OC(F)F)cc3)C2=O)c(C)n1CCC1=CCCCC1. The van der Waals surface area contributed by atoms with Gasteiger partial charge in [-0.25, -0.2) is 4.79 Å². The van der Waals surface area contributed by atoms with Crippen LogP contribution in [-0.4, -0.2) is 40.3 Å². The zero-order valence-corrected chi connectivity index (χ0v) is 20.8. The number of rotatable bonds is 9. The van der Waals surface area contributed by atoms with E-state index >= 15 is 0 Å². The molecular formula is C27H31F2N3O4. The summed E-state index contributed by atoms with van der Waals surface area (Å²) in [7, 11) is 0. The number of ether oxygens (including phenoxy) is 1. The van der Waals surface area contributed by atoms with Crippen molar-refractivity contribution in [3.63, 3.8) is 0 Å². The van der Waals surface area contributed by atoms with Crippen molar-refractivity contribution in [3.05, 3.63) is 64.5 Å². The number of hydrogen-bond acceptors (Lipinski definition) is 4. The molecule has 1 saturated heterocycles. The Morgan fingerprint density at radius 2 is 1.89 bits per heavy atom. The number of imide groups is 1. The first-order valence-corrected chi connectivity index (χ1v) is 12.2. The highest BCUT2D eigenvalue weighted by Crippen LogP contribution is 2.31. The Morgan fingerprint density at radius 1 is 1.17 bits per heavy atom. The van der Waals surface area contributed by atoms with Gasteiger partial charge >= 0.3 is 12.6 Å². The number of carbonyl (C=O) groups excluding carboxylic acids is 3. The molecule has 1 unspecified atom stereocenters. The van der Waals surface area contributed by atoms with Crippen molar-refractivity contribution in [1.82, 2.24) is 14.8 Å². The lowest BCUT2D eigenvalue weighted by molar-refractivity contribution is -0.130. The molecule has 3 amide bonds. The van der Waals surface area contributed by atoms with Crippen molar-refractivity contribution < 1.29 is 27.9 Å². The lowest BCUT2D eigenvalue weighted by Crippen LogP contribution is -2.41. The quantitative estimate of drug-likeness (QED) is 0.290. The third-order valence-electron chi connectivity index (χ3n) is 7.15. The van der Waals surface area contributed by atoms with E-state index in [1.165, 1.54) is 49.6 Å². The molecule has 0 radical (unpaired) electrons. The van der Waals surface area contributed by atoms with Crippen LogP contribution in [0, 0.1) is 13.8 Å². The number of alkyl halides is 2. The Labute approximate surface area is 209 Å². The van der Waals surface area contributed by atoms with E-state index in [1.54, 1.807) is 0 Å². The van der Waals surface area contributed by atoms with Gasteiger partial charge < -0.3 is 14.6 Å². The highest BCUT2D eigenvalue weighted by molar-refractivity contribution is 6.11. The van der Waals surface area contributed by atoms with Gasteiger partial charge in [-0.2, -0.15) is 8.78 Å². The molecule has 1 aromatic carbocycles. The van der Waals surface area contributed by atoms with Gasteiger partial charge in [-0.1, -0.05) is 23.8 Å². The Hall–Kier alpha value is -3.49. The first kappa shape index (κ1) is 25.6. The van der Waals surface area contributed by atoms with E-state index in [2.05, 4.69) is 20.7 Å². The Bertz CT molecular complexity index is 1200. The number of halogens is 2. The summed E-state index contributed by atoms with van der Waals surface area (Å²) in [5, 5.41) is 2.64. The minimum atomic E-state index is -2.97. The molecule has 4 rings (SSSR count). The van der Waals surface area contributed by atoms with Crippen LogP contribution in [0.5, 0.6) is 5.75 Å². The van der Waals surface area contributed by atoms with Crippen LogP contribution in [0.15, 0.2) is 42.0 Å². The number of aryl methyl sites for hydroxylation is 1. The van der Waals surface area contributed by atoms with E-state index in [0.717, 1.165) is 42.1 Å². The molecule has 1 aliphatic heterocycles. The van der Waals surface area contributed by atoms with Crippen molar-refractivity contribution in [2.24, 2.45) is 0 Å². The zero-order valence-electron chi connectivity index (χ0n) is 20.8. The lowest BCUT2D eigenvalue weighted by atomic mass is 9.92. The van der Waals surface area contributed by atoms with Crippen LogP contribution in [0.3, 0.4) is 0 Å². The van der Waals surface area contributed by atoms with Crippen molar-refractivity contribution in [2.45, 2.75) is 71.6 Å². The molecule has 36 heavy (non-hydrogen) atoms. The highest BCUT2D eigenvalue weighted by atomic mass is 19.3. The number of amides is 3. The van der Waals surface area contributed by atoms with Crippen LogP contribution < -0.4 is 10.1 Å². The largest absolute Gasteiger partial charge is 0.435 e. The lowest BCUT2D eigenvalue weighted by Gasteiger charge is -2.22. The molecule has 2 heterocycles. The van der Waals surface area contributed by atoms with E-state index in [1.807, 2.05) is 19.9 Å². The second-order valence-corrected chi connectivity index (χ2v) is 9.57. The minimum Gasteiger partial charge on any atom is -0.435 e. The fourth-order valence-electron chi connectivity index (χ4n) is 5.05. The van der Waals surface area contributed by atoms with E-state index in [0.29, 0.717) is 11.1 Å². The number of ketones is 1. The molecule has 0 spiro atoms. The van der Waals surface area contributed by atoms with Gasteiger partial charge in [0.05, 0.1) is 6.54 Å². The average molecular weight is 500 g/mol. The molecular weight excluding hydrogens is 468 g/mol. The van der Waals surface area contributed by atoms with Gasteiger partial charge in [0.1, 0.15) is 11.3 Å². The van der Waals surface area contributed by atoms with Gasteiger partial charge in [0.2, 0.25) is 0 Å². The smallest absolute Gasteiger partial charge is 0.387 e. The van der Waals surface area contributed by atoms with E-state index in [9.17, 15) is 23.2 Å². The number of benzene rings is 1. The predicted molar refractivity (Wildman–Crippen MR) is 130 cm³/mol. The van der Waals surface area contributed by atoms with Crippen LogP contribution >= 0.6 is 0 Å². The fraction of sp³-hybridized carbons (Fsp3) is 0.444. The molecule has 2 aromatic rings. The van der Waals surface area contributed by atoms with Gasteiger partial charge in [0.15, 0.2) is 5.78 Å². The van der Waals surface area contributed by atoms with Crippen LogP contribution in [-0.2, 0) is 16.9 Å². The summed E-state index contributed by atoms with van der Waals surface area (Å²) in [6.45, 7) is 2.78. The number of nitrogens with one attached hydrogen (secondary N) is 1. The van der Waals surface area contributed by atoms with Gasteiger partial charge in [-0.3, -0.25) is 14.5 Å². The number of aromatic nitrogens is 1. The second-order valence-electron chi connectivity index (χ2n) is 9.57. The number of hydrogen-bond donors (Lipinski definition) is 1. The average Bonchev–Trinajstić information content (AvgIpc) is 3.25. The summed E-state index contributed by atoms with van der Waals surface area (Å²) in [4.78, 5) is 40.0. The first-order chi connectivity index (χ1) is 17.1. The van der Waals surface area contributed by atoms with Crippen molar-refractivity contribution in [2.75, 3.05) is 6.54 Å². The summed E-state index contributed by atoms with van der Waals surface area (Å²) in [6, 6.07) is 6.62. The zero-order chi connectivity index (χ0) is 26.0. The molecule has 2 aliphatic rings. The summed E-state index contributed by atoms with van der Waals surface area (Å²) in [5.41, 5.74) is 2.69. The number of allylic oxidation sites excluding steroid dienone is 2. The monoisotopic (exact) mass is 499 g/mol. The molecule has 1 atom stereocenters. The predicted octanol–water partition coefficient (Wildman–Crippen LogP) is 5.25. The molecule has 9 heteroatoms. The summed E-state index contributed by atoms with van der Waals surface area (Å²) < 4.78 is 31.3. The Kier molecular flexibility index (Phi) is 7.28. The summed E-state index contributed by atoms with van der Waals surface area (Å²) in [6.07, 6.45) is 7.97. The standard InChI is InChI=1S/C27H31F2N3O4/c1-17-15-22(18(2)31(17)14-13-19-7-5-4-6-8-19)23(33)16-32-24(34)27(3,30-26(32)35)20-9-11-21(12-10-20)36-25(28)29/h7,9-12,15,25H,4-6,8,13-14,16H2,1-3H3,(H,30,35). The van der Waals surface area contributed by atoms with Crippen LogP contribution in [0.25, 0.3) is 0 Å². The third kappa shape index (κ3) is 5.05. The van der Waals surface area contributed by atoms with E-state index in [4.69, 9.17) is 0 Å². The number of urea groups is 1. The first-order valence-electron chi connectivity index (χ1n) is 12.2. The van der Waals surface area contributed by atoms with Crippen LogP contribution in [0.1, 0.15) is 66.3 Å². The summed E-state index contributed by atoms with van der Waals surface area (Å²) in [5.74, 6) is -0.961.